The summed E-state index contributed by atoms with van der Waals surface area (Å²) in [7, 11) is 0. The normalized spacial score (nSPS) is 17.9. The zero-order valence-corrected chi connectivity index (χ0v) is 3.26. The number of hydrogen-bond donors (Lipinski definition) is 0. The zero-order valence-electron chi connectivity index (χ0n) is 3.26. The molecule has 0 bridgehead atoms. The average molecular weight is 100 g/mol. The molecule has 1 aliphatic heterocycles. The first-order chi connectivity index (χ1) is 3.30. The quantitative estimate of drug-likeness (QED) is 0.420. The Morgan fingerprint density at radius 3 is 2.57 bits per heavy atom. The standard InChI is InChI=1S/C3HFN2O/c4-2-3(7)6-1-5-2/h1H. The maximum Gasteiger partial charge on any atom is 0.326 e. The van der Waals surface area contributed by atoms with Crippen molar-refractivity contribution >= 4 is 18.2 Å². The predicted molar refractivity (Wildman–Crippen MR) is 22.0 cm³/mol. The van der Waals surface area contributed by atoms with Crippen LogP contribution in [0, 0.1) is 0 Å². The van der Waals surface area contributed by atoms with E-state index in [9.17, 15) is 9.18 Å². The van der Waals surface area contributed by atoms with Crippen LogP contribution in [0.3, 0.4) is 0 Å². The molecule has 0 unspecified atom stereocenters. The fourth-order valence-electron chi connectivity index (χ4n) is 0.240. The molecule has 3 nitrogen and oxygen atoms in total. The number of nitrogens with zero attached hydrogens (tertiary/aromatic N) is 2. The summed E-state index contributed by atoms with van der Waals surface area (Å²) in [5.74, 6) is -1.92. The second kappa shape index (κ2) is 1.22. The van der Waals surface area contributed by atoms with Crippen molar-refractivity contribution in [3.05, 3.63) is 0 Å². The number of rotatable bonds is 0. The van der Waals surface area contributed by atoms with Crippen molar-refractivity contribution in [1.82, 2.24) is 0 Å². The van der Waals surface area contributed by atoms with Crippen LogP contribution in [-0.2, 0) is 4.79 Å². The Labute approximate surface area is 38.6 Å². The van der Waals surface area contributed by atoms with Gasteiger partial charge in [0.05, 0.1) is 0 Å². The first-order valence-corrected chi connectivity index (χ1v) is 1.61. The monoisotopic (exact) mass is 100 g/mol. The summed E-state index contributed by atoms with van der Waals surface area (Å²) in [6.07, 6.45) is 0.887. The van der Waals surface area contributed by atoms with Gasteiger partial charge in [-0.25, -0.2) is 4.99 Å². The molecule has 0 aromatic rings. The van der Waals surface area contributed by atoms with E-state index in [0.29, 0.717) is 0 Å². The lowest BCUT2D eigenvalue weighted by atomic mass is 10.7. The Kier molecular flexibility index (Phi) is 0.714. The third-order valence-corrected chi connectivity index (χ3v) is 0.523. The summed E-state index contributed by atoms with van der Waals surface area (Å²) >= 11 is 0. The molecule has 0 saturated heterocycles. The molecule has 0 aromatic heterocycles. The largest absolute Gasteiger partial charge is 0.326 e. The fourth-order valence-corrected chi connectivity index (χ4v) is 0.240. The van der Waals surface area contributed by atoms with Crippen molar-refractivity contribution < 1.29 is 9.18 Å². The summed E-state index contributed by atoms with van der Waals surface area (Å²) in [4.78, 5) is 15.8. The Hall–Kier alpha value is -1.06. The summed E-state index contributed by atoms with van der Waals surface area (Å²) < 4.78 is 11.6. The van der Waals surface area contributed by atoms with Crippen molar-refractivity contribution in [2.75, 3.05) is 0 Å². The smallest absolute Gasteiger partial charge is 0.262 e. The molecular weight excluding hydrogens is 99.0 g/mol. The number of carbonyl (C=O) groups excluding carboxylic acids is 1. The van der Waals surface area contributed by atoms with Crippen LogP contribution in [0.2, 0.25) is 0 Å². The molecule has 7 heavy (non-hydrogen) atoms. The van der Waals surface area contributed by atoms with E-state index in [1.165, 1.54) is 0 Å². The van der Waals surface area contributed by atoms with Gasteiger partial charge in [-0.1, -0.05) is 0 Å². The summed E-state index contributed by atoms with van der Waals surface area (Å²) in [6, 6.07) is 0. The van der Waals surface area contributed by atoms with Crippen LogP contribution < -0.4 is 0 Å². The molecule has 1 amide bonds. The predicted octanol–water partition coefficient (Wildman–Crippen LogP) is -0.0771. The second-order valence-corrected chi connectivity index (χ2v) is 0.970. The lowest BCUT2D eigenvalue weighted by molar-refractivity contribution is -0.112. The van der Waals surface area contributed by atoms with Gasteiger partial charge in [0, 0.05) is 0 Å². The first kappa shape index (κ1) is 4.11. The van der Waals surface area contributed by atoms with E-state index in [1.807, 2.05) is 0 Å². The maximum atomic E-state index is 11.6. The van der Waals surface area contributed by atoms with E-state index < -0.39 is 11.9 Å². The number of amides is 1. The van der Waals surface area contributed by atoms with Gasteiger partial charge >= 0.3 is 5.91 Å². The molecule has 36 valence electrons. The van der Waals surface area contributed by atoms with E-state index >= 15 is 0 Å². The van der Waals surface area contributed by atoms with Gasteiger partial charge in [0.2, 0.25) is 0 Å². The van der Waals surface area contributed by atoms with Gasteiger partial charge in [0.15, 0.2) is 0 Å². The number of hydrogen-bond acceptors (Lipinski definition) is 2. The molecule has 1 heterocycles. The minimum absolute atomic E-state index is 0.887. The third-order valence-electron chi connectivity index (χ3n) is 0.523. The molecule has 0 radical (unpaired) electrons. The molecule has 0 atom stereocenters. The first-order valence-electron chi connectivity index (χ1n) is 1.61. The maximum absolute atomic E-state index is 11.6. The fraction of sp³-hybridized carbons (Fsp3) is 0. The Morgan fingerprint density at radius 2 is 2.43 bits per heavy atom. The molecule has 0 aromatic carbocycles. The highest BCUT2D eigenvalue weighted by atomic mass is 19.1. The van der Waals surface area contributed by atoms with Gasteiger partial charge in [-0.2, -0.15) is 9.38 Å². The summed E-state index contributed by atoms with van der Waals surface area (Å²) in [5.41, 5.74) is 0. The SMILES string of the molecule is O=C1N=CN=C1F. The van der Waals surface area contributed by atoms with Gasteiger partial charge in [0.25, 0.3) is 5.97 Å². The molecule has 0 N–H and O–H groups in total. The molecule has 0 fully saturated rings. The number of halogens is 1. The van der Waals surface area contributed by atoms with E-state index in [1.54, 1.807) is 0 Å². The van der Waals surface area contributed by atoms with Gasteiger partial charge in [0.1, 0.15) is 6.34 Å². The van der Waals surface area contributed by atoms with Crippen LogP contribution in [-0.4, -0.2) is 18.2 Å². The topological polar surface area (TPSA) is 41.8 Å². The van der Waals surface area contributed by atoms with Crippen molar-refractivity contribution in [2.45, 2.75) is 0 Å². The highest BCUT2D eigenvalue weighted by molar-refractivity contribution is 6.39. The summed E-state index contributed by atoms with van der Waals surface area (Å²) in [6.45, 7) is 0. The Balaban J connectivity index is 2.89. The lowest BCUT2D eigenvalue weighted by Crippen LogP contribution is -1.97. The van der Waals surface area contributed by atoms with Crippen LogP contribution >= 0.6 is 0 Å². The van der Waals surface area contributed by atoms with Crippen molar-refractivity contribution in [3.63, 3.8) is 0 Å². The Bertz CT molecular complexity index is 160. The van der Waals surface area contributed by atoms with Crippen LogP contribution in [0.25, 0.3) is 0 Å². The number of aliphatic imine (C=N–C) groups is 2. The summed E-state index contributed by atoms with van der Waals surface area (Å²) in [5, 5.41) is 0. The van der Waals surface area contributed by atoms with E-state index in [-0.39, 0.29) is 0 Å². The van der Waals surface area contributed by atoms with E-state index in [2.05, 4.69) is 9.98 Å². The zero-order chi connectivity index (χ0) is 5.28. The molecule has 0 aliphatic carbocycles. The van der Waals surface area contributed by atoms with E-state index in [0.717, 1.165) is 6.34 Å². The van der Waals surface area contributed by atoms with Gasteiger partial charge in [-0.15, -0.1) is 0 Å². The molecule has 1 aliphatic rings. The minimum Gasteiger partial charge on any atom is -0.262 e. The third kappa shape index (κ3) is 0.534. The average Bonchev–Trinajstić information content (AvgIpc) is 1.91. The lowest BCUT2D eigenvalue weighted by Gasteiger charge is -1.70. The van der Waals surface area contributed by atoms with Crippen LogP contribution in [0.4, 0.5) is 4.39 Å². The Morgan fingerprint density at radius 1 is 1.71 bits per heavy atom. The highest BCUT2D eigenvalue weighted by Gasteiger charge is 2.10. The van der Waals surface area contributed by atoms with Crippen molar-refractivity contribution in [3.8, 4) is 0 Å². The highest BCUT2D eigenvalue weighted by Crippen LogP contribution is 1.89. The van der Waals surface area contributed by atoms with Crippen LogP contribution in [0.1, 0.15) is 0 Å². The van der Waals surface area contributed by atoms with Crippen LogP contribution in [0.15, 0.2) is 9.98 Å². The van der Waals surface area contributed by atoms with Crippen molar-refractivity contribution in [2.24, 2.45) is 9.98 Å². The molecule has 4 heteroatoms. The minimum atomic E-state index is -1.03. The van der Waals surface area contributed by atoms with E-state index in [4.69, 9.17) is 0 Å². The van der Waals surface area contributed by atoms with Crippen LogP contribution in [0.5, 0.6) is 0 Å². The van der Waals surface area contributed by atoms with Gasteiger partial charge in [-0.05, 0) is 0 Å². The molecule has 1 rings (SSSR count). The second-order valence-electron chi connectivity index (χ2n) is 0.970. The van der Waals surface area contributed by atoms with Crippen molar-refractivity contribution in [1.29, 1.82) is 0 Å². The molecule has 0 spiro atoms. The number of carbonyl (C=O) groups is 1. The van der Waals surface area contributed by atoms with Gasteiger partial charge < -0.3 is 0 Å². The molecule has 0 saturated carbocycles. The van der Waals surface area contributed by atoms with Gasteiger partial charge in [-0.3, -0.25) is 4.79 Å². The molecular formula is C3HFN2O.